The highest BCUT2D eigenvalue weighted by atomic mass is 16.2. The standard InChI is InChI=1S/C15H21N3O/c1-17(2)15(19)12-18(3)11-14-8-5-4-7-13(14)9-6-10-16/h4-5,7-8H,10-12,16H2,1-3H3. The van der Waals surface area contributed by atoms with Crippen LogP contribution in [0, 0.1) is 11.8 Å². The fourth-order valence-electron chi connectivity index (χ4n) is 1.65. The normalized spacial score (nSPS) is 9.95. The third-order valence-corrected chi connectivity index (χ3v) is 2.69. The van der Waals surface area contributed by atoms with E-state index in [9.17, 15) is 4.79 Å². The zero-order valence-electron chi connectivity index (χ0n) is 11.8. The van der Waals surface area contributed by atoms with Crippen molar-refractivity contribution in [2.75, 3.05) is 34.2 Å². The van der Waals surface area contributed by atoms with Gasteiger partial charge in [-0.1, -0.05) is 30.0 Å². The number of carbonyl (C=O) groups is 1. The van der Waals surface area contributed by atoms with E-state index in [2.05, 4.69) is 11.8 Å². The minimum Gasteiger partial charge on any atom is -0.348 e. The van der Waals surface area contributed by atoms with Gasteiger partial charge in [-0.3, -0.25) is 9.69 Å². The van der Waals surface area contributed by atoms with E-state index in [1.165, 1.54) is 0 Å². The van der Waals surface area contributed by atoms with E-state index in [4.69, 9.17) is 5.73 Å². The third-order valence-electron chi connectivity index (χ3n) is 2.69. The Morgan fingerprint density at radius 3 is 2.58 bits per heavy atom. The molecule has 0 aliphatic carbocycles. The summed E-state index contributed by atoms with van der Waals surface area (Å²) in [4.78, 5) is 15.2. The van der Waals surface area contributed by atoms with Gasteiger partial charge in [0.2, 0.25) is 5.91 Å². The van der Waals surface area contributed by atoms with Crippen LogP contribution in [0.15, 0.2) is 24.3 Å². The maximum absolute atomic E-state index is 11.6. The van der Waals surface area contributed by atoms with Crippen LogP contribution in [0.2, 0.25) is 0 Å². The van der Waals surface area contributed by atoms with Gasteiger partial charge in [0, 0.05) is 26.2 Å². The number of nitrogens with zero attached hydrogens (tertiary/aromatic N) is 2. The average molecular weight is 259 g/mol. The Bertz CT molecular complexity index is 486. The summed E-state index contributed by atoms with van der Waals surface area (Å²) in [6, 6.07) is 7.93. The van der Waals surface area contributed by atoms with Gasteiger partial charge in [0.25, 0.3) is 0 Å². The van der Waals surface area contributed by atoms with Crippen molar-refractivity contribution in [2.45, 2.75) is 6.54 Å². The van der Waals surface area contributed by atoms with E-state index in [0.717, 1.165) is 11.1 Å². The van der Waals surface area contributed by atoms with Gasteiger partial charge in [0.05, 0.1) is 13.1 Å². The molecule has 2 N–H and O–H groups in total. The lowest BCUT2D eigenvalue weighted by molar-refractivity contribution is -0.129. The minimum absolute atomic E-state index is 0.0908. The van der Waals surface area contributed by atoms with Crippen molar-refractivity contribution in [3.8, 4) is 11.8 Å². The van der Waals surface area contributed by atoms with E-state index in [1.807, 2.05) is 36.2 Å². The van der Waals surface area contributed by atoms with Gasteiger partial charge >= 0.3 is 0 Å². The molecule has 0 atom stereocenters. The summed E-state index contributed by atoms with van der Waals surface area (Å²) >= 11 is 0. The molecular formula is C15H21N3O. The second-order valence-corrected chi connectivity index (χ2v) is 4.62. The van der Waals surface area contributed by atoms with Crippen molar-refractivity contribution in [3.63, 3.8) is 0 Å². The highest BCUT2D eigenvalue weighted by molar-refractivity contribution is 5.77. The number of hydrogen-bond donors (Lipinski definition) is 1. The highest BCUT2D eigenvalue weighted by Gasteiger charge is 2.10. The molecule has 0 radical (unpaired) electrons. The van der Waals surface area contributed by atoms with Crippen LogP contribution in [0.1, 0.15) is 11.1 Å². The summed E-state index contributed by atoms with van der Waals surface area (Å²) in [5.74, 6) is 6.01. The molecule has 1 rings (SSSR count). The lowest BCUT2D eigenvalue weighted by Crippen LogP contribution is -2.34. The van der Waals surface area contributed by atoms with Crippen molar-refractivity contribution >= 4 is 5.91 Å². The molecule has 0 bridgehead atoms. The van der Waals surface area contributed by atoms with Gasteiger partial charge < -0.3 is 10.6 Å². The molecule has 0 saturated carbocycles. The van der Waals surface area contributed by atoms with Crippen molar-refractivity contribution in [1.82, 2.24) is 9.80 Å². The van der Waals surface area contributed by atoms with Gasteiger partial charge in [-0.15, -0.1) is 0 Å². The summed E-state index contributed by atoms with van der Waals surface area (Å²) in [6.45, 7) is 1.43. The van der Waals surface area contributed by atoms with Crippen LogP contribution in [-0.2, 0) is 11.3 Å². The monoisotopic (exact) mass is 259 g/mol. The molecule has 4 heteroatoms. The zero-order valence-corrected chi connectivity index (χ0v) is 11.8. The Labute approximate surface area is 115 Å². The molecule has 102 valence electrons. The first-order valence-corrected chi connectivity index (χ1v) is 6.20. The molecule has 1 aromatic carbocycles. The molecule has 0 saturated heterocycles. The summed E-state index contributed by atoms with van der Waals surface area (Å²) in [5, 5.41) is 0. The van der Waals surface area contributed by atoms with Gasteiger partial charge in [-0.05, 0) is 18.7 Å². The average Bonchev–Trinajstić information content (AvgIpc) is 2.37. The summed E-state index contributed by atoms with van der Waals surface area (Å²) in [6.07, 6.45) is 0. The smallest absolute Gasteiger partial charge is 0.236 e. The van der Waals surface area contributed by atoms with Gasteiger partial charge in [-0.25, -0.2) is 0 Å². The first-order valence-electron chi connectivity index (χ1n) is 6.20. The Morgan fingerprint density at radius 1 is 1.26 bits per heavy atom. The van der Waals surface area contributed by atoms with Crippen LogP contribution in [-0.4, -0.2) is 49.9 Å². The van der Waals surface area contributed by atoms with E-state index < -0.39 is 0 Å². The number of benzene rings is 1. The fraction of sp³-hybridized carbons (Fsp3) is 0.400. The van der Waals surface area contributed by atoms with Crippen molar-refractivity contribution in [2.24, 2.45) is 5.73 Å². The topological polar surface area (TPSA) is 49.6 Å². The first kappa shape index (κ1) is 15.2. The van der Waals surface area contributed by atoms with E-state index in [0.29, 0.717) is 19.6 Å². The van der Waals surface area contributed by atoms with Gasteiger partial charge in [-0.2, -0.15) is 0 Å². The second kappa shape index (κ2) is 7.57. The molecule has 0 heterocycles. The molecule has 4 nitrogen and oxygen atoms in total. The predicted octanol–water partition coefficient (Wildman–Crippen LogP) is 0.517. The van der Waals surface area contributed by atoms with Crippen LogP contribution < -0.4 is 5.73 Å². The summed E-state index contributed by atoms with van der Waals surface area (Å²) in [7, 11) is 5.45. The van der Waals surface area contributed by atoms with Crippen LogP contribution in [0.3, 0.4) is 0 Å². The van der Waals surface area contributed by atoms with Gasteiger partial charge in [0.1, 0.15) is 0 Å². The Hall–Kier alpha value is -1.83. The maximum atomic E-state index is 11.6. The molecule has 0 spiro atoms. The summed E-state index contributed by atoms with van der Waals surface area (Å²) in [5.41, 5.74) is 7.47. The van der Waals surface area contributed by atoms with E-state index in [1.54, 1.807) is 19.0 Å². The Morgan fingerprint density at radius 2 is 1.95 bits per heavy atom. The molecule has 0 unspecified atom stereocenters. The number of likely N-dealkylation sites (N-methyl/N-ethyl adjacent to an activating group) is 2. The molecule has 1 aromatic rings. The van der Waals surface area contributed by atoms with E-state index >= 15 is 0 Å². The van der Waals surface area contributed by atoms with Crippen LogP contribution in [0.5, 0.6) is 0 Å². The molecule has 0 aromatic heterocycles. The molecular weight excluding hydrogens is 238 g/mol. The number of nitrogens with two attached hydrogens (primary N) is 1. The predicted molar refractivity (Wildman–Crippen MR) is 77.4 cm³/mol. The molecule has 0 fully saturated rings. The lowest BCUT2D eigenvalue weighted by Gasteiger charge is -2.19. The molecule has 19 heavy (non-hydrogen) atoms. The Balaban J connectivity index is 2.73. The lowest BCUT2D eigenvalue weighted by atomic mass is 10.1. The van der Waals surface area contributed by atoms with Crippen LogP contribution >= 0.6 is 0 Å². The van der Waals surface area contributed by atoms with Gasteiger partial charge in [0.15, 0.2) is 0 Å². The van der Waals surface area contributed by atoms with E-state index in [-0.39, 0.29) is 5.91 Å². The zero-order chi connectivity index (χ0) is 14.3. The number of carbonyl (C=O) groups excluding carboxylic acids is 1. The number of amides is 1. The number of rotatable bonds is 4. The SMILES string of the molecule is CN(CC(=O)N(C)C)Cc1ccccc1C#CCN. The number of hydrogen-bond acceptors (Lipinski definition) is 3. The van der Waals surface area contributed by atoms with Crippen molar-refractivity contribution in [1.29, 1.82) is 0 Å². The molecule has 1 amide bonds. The van der Waals surface area contributed by atoms with Crippen molar-refractivity contribution in [3.05, 3.63) is 35.4 Å². The quantitative estimate of drug-likeness (QED) is 0.802. The largest absolute Gasteiger partial charge is 0.348 e. The van der Waals surface area contributed by atoms with Crippen LogP contribution in [0.25, 0.3) is 0 Å². The van der Waals surface area contributed by atoms with Crippen LogP contribution in [0.4, 0.5) is 0 Å². The third kappa shape index (κ3) is 5.12. The fourth-order valence-corrected chi connectivity index (χ4v) is 1.65. The summed E-state index contributed by atoms with van der Waals surface area (Å²) < 4.78 is 0. The maximum Gasteiger partial charge on any atom is 0.236 e. The molecule has 0 aliphatic rings. The molecule has 0 aliphatic heterocycles. The second-order valence-electron chi connectivity index (χ2n) is 4.62. The Kier molecular flexibility index (Phi) is 6.07. The highest BCUT2D eigenvalue weighted by Crippen LogP contribution is 2.09. The minimum atomic E-state index is 0.0908. The first-order chi connectivity index (χ1) is 9.04. The van der Waals surface area contributed by atoms with Crippen molar-refractivity contribution < 1.29 is 4.79 Å².